The molecule has 0 aliphatic rings. The van der Waals surface area contributed by atoms with Gasteiger partial charge in [0, 0.05) is 11.3 Å². The van der Waals surface area contributed by atoms with Crippen LogP contribution < -0.4 is 16.4 Å². The van der Waals surface area contributed by atoms with Crippen molar-refractivity contribution in [1.29, 1.82) is 0 Å². The maximum Gasteiger partial charge on any atom is 0.329 e. The fraction of sp³-hybridized carbons (Fsp3) is 0.200. The molecule has 4 N–H and O–H groups in total. The number of amides is 3. The fourth-order valence-electron chi connectivity index (χ4n) is 2.27. The van der Waals surface area contributed by atoms with Crippen LogP contribution in [-0.4, -0.2) is 35.8 Å². The van der Waals surface area contributed by atoms with E-state index in [1.165, 1.54) is 44.2 Å². The molecule has 2 aromatic rings. The Morgan fingerprint density at radius 3 is 2.21 bits per heavy atom. The summed E-state index contributed by atoms with van der Waals surface area (Å²) in [5, 5.41) is 5.28. The number of anilines is 1. The molecule has 152 valence electrons. The highest BCUT2D eigenvalue weighted by atomic mass is 35.5. The number of benzene rings is 2. The van der Waals surface area contributed by atoms with E-state index in [0.717, 1.165) is 0 Å². The molecule has 0 heterocycles. The third-order valence-electron chi connectivity index (χ3n) is 3.92. The summed E-state index contributed by atoms with van der Waals surface area (Å²) in [6.45, 7) is 2.83. The van der Waals surface area contributed by atoms with Crippen molar-refractivity contribution in [2.75, 3.05) is 5.32 Å². The smallest absolute Gasteiger partial charge is 0.329 e. The first-order chi connectivity index (χ1) is 13.7. The Hall–Kier alpha value is -3.39. The minimum Gasteiger partial charge on any atom is -0.451 e. The van der Waals surface area contributed by atoms with Crippen molar-refractivity contribution in [2.45, 2.75) is 26.0 Å². The first kappa shape index (κ1) is 21.9. The standard InChI is InChI=1S/C20H20ClN3O5/c1-11(23-19(27)15-5-3-4-6-16(15)21)20(28)29-12(2)18(26)24-14-9-7-13(8-10-14)17(22)25/h3-12H,1-2H3,(H2,22,25)(H,23,27)(H,24,26)/t11-,12-/m1/s1. The average Bonchev–Trinajstić information content (AvgIpc) is 2.68. The predicted octanol–water partition coefficient (Wildman–Crippen LogP) is 2.13. The van der Waals surface area contributed by atoms with Gasteiger partial charge in [-0.25, -0.2) is 4.79 Å². The third-order valence-corrected chi connectivity index (χ3v) is 4.25. The van der Waals surface area contributed by atoms with Gasteiger partial charge in [-0.1, -0.05) is 23.7 Å². The maximum atomic E-state index is 12.2. The van der Waals surface area contributed by atoms with Gasteiger partial charge in [0.2, 0.25) is 5.91 Å². The van der Waals surface area contributed by atoms with Gasteiger partial charge in [0.05, 0.1) is 10.6 Å². The van der Waals surface area contributed by atoms with Crippen molar-refractivity contribution in [3.05, 3.63) is 64.7 Å². The predicted molar refractivity (Wildman–Crippen MR) is 108 cm³/mol. The number of nitrogens with two attached hydrogens (primary N) is 1. The first-order valence-electron chi connectivity index (χ1n) is 8.65. The summed E-state index contributed by atoms with van der Waals surface area (Å²) in [4.78, 5) is 47.6. The molecule has 2 aromatic carbocycles. The Morgan fingerprint density at radius 2 is 1.62 bits per heavy atom. The highest BCUT2D eigenvalue weighted by Crippen LogP contribution is 2.15. The highest BCUT2D eigenvalue weighted by Gasteiger charge is 2.24. The Kier molecular flexibility index (Phi) is 7.33. The summed E-state index contributed by atoms with van der Waals surface area (Å²) in [7, 11) is 0. The second-order valence-corrected chi connectivity index (χ2v) is 6.59. The normalized spacial score (nSPS) is 12.4. The van der Waals surface area contributed by atoms with Gasteiger partial charge in [0.25, 0.3) is 11.8 Å². The summed E-state index contributed by atoms with van der Waals surface area (Å²) in [6, 6.07) is 11.3. The number of nitrogens with one attached hydrogen (secondary N) is 2. The molecule has 0 spiro atoms. The first-order valence-corrected chi connectivity index (χ1v) is 9.03. The van der Waals surface area contributed by atoms with E-state index in [1.54, 1.807) is 18.2 Å². The zero-order valence-corrected chi connectivity index (χ0v) is 16.5. The zero-order chi connectivity index (χ0) is 21.6. The van der Waals surface area contributed by atoms with Crippen LogP contribution in [0.3, 0.4) is 0 Å². The van der Waals surface area contributed by atoms with E-state index >= 15 is 0 Å². The molecule has 0 unspecified atom stereocenters. The van der Waals surface area contributed by atoms with Crippen LogP contribution in [0.25, 0.3) is 0 Å². The van der Waals surface area contributed by atoms with Gasteiger partial charge in [-0.2, -0.15) is 0 Å². The lowest BCUT2D eigenvalue weighted by Crippen LogP contribution is -2.42. The summed E-state index contributed by atoms with van der Waals surface area (Å²) in [5.41, 5.74) is 6.08. The summed E-state index contributed by atoms with van der Waals surface area (Å²) in [5.74, 6) is -2.48. The van der Waals surface area contributed by atoms with Crippen molar-refractivity contribution in [2.24, 2.45) is 5.73 Å². The minimum atomic E-state index is -1.11. The van der Waals surface area contributed by atoms with Crippen LogP contribution in [0.4, 0.5) is 5.69 Å². The Morgan fingerprint density at radius 1 is 1.00 bits per heavy atom. The van der Waals surface area contributed by atoms with Gasteiger partial charge < -0.3 is 21.1 Å². The molecule has 0 fully saturated rings. The number of hydrogen-bond donors (Lipinski definition) is 3. The zero-order valence-electron chi connectivity index (χ0n) is 15.8. The van der Waals surface area contributed by atoms with Crippen LogP contribution in [-0.2, 0) is 14.3 Å². The average molecular weight is 418 g/mol. The second-order valence-electron chi connectivity index (χ2n) is 6.18. The molecule has 0 radical (unpaired) electrons. The van der Waals surface area contributed by atoms with E-state index in [0.29, 0.717) is 11.3 Å². The molecule has 0 aliphatic heterocycles. The minimum absolute atomic E-state index is 0.221. The number of primary amides is 1. The lowest BCUT2D eigenvalue weighted by atomic mass is 10.2. The Bertz CT molecular complexity index is 930. The Balaban J connectivity index is 1.89. The molecule has 0 aliphatic carbocycles. The molecule has 29 heavy (non-hydrogen) atoms. The molecule has 8 nitrogen and oxygen atoms in total. The Labute approximate surface area is 172 Å². The highest BCUT2D eigenvalue weighted by molar-refractivity contribution is 6.33. The molecule has 0 bridgehead atoms. The van der Waals surface area contributed by atoms with E-state index in [1.807, 2.05) is 0 Å². The van der Waals surface area contributed by atoms with Gasteiger partial charge in [-0.15, -0.1) is 0 Å². The van der Waals surface area contributed by atoms with Gasteiger partial charge in [-0.3, -0.25) is 14.4 Å². The van der Waals surface area contributed by atoms with Gasteiger partial charge in [0.15, 0.2) is 6.10 Å². The summed E-state index contributed by atoms with van der Waals surface area (Å²) < 4.78 is 5.10. The van der Waals surface area contributed by atoms with Crippen LogP contribution >= 0.6 is 11.6 Å². The number of carbonyl (C=O) groups is 4. The molecule has 0 saturated carbocycles. The van der Waals surface area contributed by atoms with Crippen molar-refractivity contribution >= 4 is 41.0 Å². The number of esters is 1. The van der Waals surface area contributed by atoms with Crippen LogP contribution in [0.1, 0.15) is 34.6 Å². The molecule has 2 atom stereocenters. The number of ether oxygens (including phenoxy) is 1. The topological polar surface area (TPSA) is 128 Å². The van der Waals surface area contributed by atoms with Crippen molar-refractivity contribution in [1.82, 2.24) is 5.32 Å². The van der Waals surface area contributed by atoms with E-state index in [9.17, 15) is 19.2 Å². The molecule has 9 heteroatoms. The fourth-order valence-corrected chi connectivity index (χ4v) is 2.49. The molecular formula is C20H20ClN3O5. The summed E-state index contributed by atoms with van der Waals surface area (Å²) >= 11 is 5.96. The van der Waals surface area contributed by atoms with Gasteiger partial charge in [-0.05, 0) is 50.2 Å². The van der Waals surface area contributed by atoms with Gasteiger partial charge in [0.1, 0.15) is 6.04 Å². The number of rotatable bonds is 7. The molecule has 3 amide bonds. The lowest BCUT2D eigenvalue weighted by Gasteiger charge is -2.18. The van der Waals surface area contributed by atoms with E-state index in [4.69, 9.17) is 22.1 Å². The molecule has 0 saturated heterocycles. The van der Waals surface area contributed by atoms with Crippen LogP contribution in [0.15, 0.2) is 48.5 Å². The monoisotopic (exact) mass is 417 g/mol. The lowest BCUT2D eigenvalue weighted by molar-refractivity contribution is -0.154. The van der Waals surface area contributed by atoms with Crippen LogP contribution in [0.2, 0.25) is 5.02 Å². The van der Waals surface area contributed by atoms with E-state index in [-0.39, 0.29) is 10.6 Å². The quantitative estimate of drug-likeness (QED) is 0.594. The molecule has 0 aromatic heterocycles. The van der Waals surface area contributed by atoms with Crippen LogP contribution in [0.5, 0.6) is 0 Å². The molecular weight excluding hydrogens is 398 g/mol. The largest absolute Gasteiger partial charge is 0.451 e. The SMILES string of the molecule is C[C@@H](NC(=O)c1ccccc1Cl)C(=O)O[C@H](C)C(=O)Nc1ccc(C(N)=O)cc1. The molecule has 2 rings (SSSR count). The maximum absolute atomic E-state index is 12.2. The second kappa shape index (κ2) is 9.70. The number of halogens is 1. The van der Waals surface area contributed by atoms with Crippen LogP contribution in [0, 0.1) is 0 Å². The van der Waals surface area contributed by atoms with E-state index < -0.39 is 35.8 Å². The number of hydrogen-bond acceptors (Lipinski definition) is 5. The van der Waals surface area contributed by atoms with Crippen molar-refractivity contribution < 1.29 is 23.9 Å². The summed E-state index contributed by atoms with van der Waals surface area (Å²) in [6.07, 6.45) is -1.11. The van der Waals surface area contributed by atoms with Gasteiger partial charge >= 0.3 is 5.97 Å². The van der Waals surface area contributed by atoms with Crippen molar-refractivity contribution in [3.63, 3.8) is 0 Å². The number of carbonyl (C=O) groups excluding carboxylic acids is 4. The van der Waals surface area contributed by atoms with E-state index in [2.05, 4.69) is 10.6 Å². The van der Waals surface area contributed by atoms with Crippen molar-refractivity contribution in [3.8, 4) is 0 Å². The third kappa shape index (κ3) is 6.05.